The van der Waals surface area contributed by atoms with Crippen molar-refractivity contribution in [3.8, 4) is 0 Å². The van der Waals surface area contributed by atoms with Gasteiger partial charge in [-0.2, -0.15) is 0 Å². The molecular formula is C56H96KNO11. The third kappa shape index (κ3) is 38.4. The van der Waals surface area contributed by atoms with Gasteiger partial charge in [-0.15, -0.1) is 0 Å². The van der Waals surface area contributed by atoms with E-state index in [9.17, 15) is 33.9 Å². The maximum absolute atomic E-state index is 11.6. The number of benzene rings is 2. The summed E-state index contributed by atoms with van der Waals surface area (Å²) in [5.74, 6) is -0.814. The Hall–Kier alpha value is -2.94. The van der Waals surface area contributed by atoms with Crippen LogP contribution >= 0.6 is 0 Å². The predicted molar refractivity (Wildman–Crippen MR) is 274 cm³/mol. The van der Waals surface area contributed by atoms with Gasteiger partial charge >= 0.3 is 69.3 Å². The number of ether oxygens (including phenoxy) is 3. The fraction of sp³-hybridized carbons (Fsp3) is 0.679. The van der Waals surface area contributed by atoms with Gasteiger partial charge in [-0.05, 0) is 96.1 Å². The number of amides is 1. The Morgan fingerprint density at radius 3 is 1.48 bits per heavy atom. The summed E-state index contributed by atoms with van der Waals surface area (Å²) in [5, 5.41) is 20.8. The van der Waals surface area contributed by atoms with Gasteiger partial charge in [0.15, 0.2) is 0 Å². The molecule has 1 amide bonds. The first-order valence-electron chi connectivity index (χ1n) is 24.7. The van der Waals surface area contributed by atoms with Crippen molar-refractivity contribution in [1.29, 1.82) is 0 Å². The SMILES string of the molecule is CCC(C)(C)C(=O)CCCO.CCC(C)(C)C(=O)NCC(=O)[O-].CCC(C)(C)C(=O)OC.CCC(C)(C)C(=O)OCc1ccccc1.CCC(C)c1ccccc1.CCCCOC(=O)C(C)CC.[K+]. The molecule has 392 valence electrons. The largest absolute Gasteiger partial charge is 1.00 e. The first kappa shape index (κ1) is 75.0. The number of aliphatic hydroxyl groups is 1. The van der Waals surface area contributed by atoms with Gasteiger partial charge in [0.25, 0.3) is 0 Å². The second-order valence-corrected chi connectivity index (χ2v) is 19.4. The molecule has 0 aliphatic heterocycles. The molecule has 0 aromatic heterocycles. The zero-order valence-electron chi connectivity index (χ0n) is 46.9. The number of carboxylic acid groups (broad SMARTS) is 1. The van der Waals surface area contributed by atoms with Crippen LogP contribution in [0.3, 0.4) is 0 Å². The fourth-order valence-electron chi connectivity index (χ4n) is 4.45. The number of ketones is 1. The molecule has 0 spiro atoms. The number of unbranched alkanes of at least 4 members (excludes halogenated alkanes) is 1. The fourth-order valence-corrected chi connectivity index (χ4v) is 4.45. The molecule has 0 bridgehead atoms. The van der Waals surface area contributed by atoms with Crippen LogP contribution in [0.2, 0.25) is 0 Å². The standard InChI is InChI=1S/C13H18O2.C10H14.2C9H18O2.C8H15NO3.C7H14O2.K/c1-4-13(2,3)12(14)15-10-11-8-6-5-7-9-11;1-3-9(2)10-7-5-4-6-8-10;1-4-9(2,3)8(11)6-5-7-10;1-4-6-7-11-9(10)8(3)5-2;1-4-8(2,3)7(12)9-5-6(10)11;1-5-7(2,3)6(8)9-4;/h5-9H,4,10H2,1-3H3;4-9H,3H2,1-2H3;10H,4-7H2,1-3H3;8H,4-7H2,1-3H3;4-5H2,1-3H3,(H,9,12)(H,10,11);5H2,1-4H3;/q;;;;;;+1/p-1. The molecule has 0 heterocycles. The number of Topliss-reactive ketones (excluding diaryl/α,β-unsaturated/α-hetero) is 1. The summed E-state index contributed by atoms with van der Waals surface area (Å²) in [6.07, 6.45) is 8.41. The van der Waals surface area contributed by atoms with Crippen molar-refractivity contribution in [2.75, 3.05) is 26.9 Å². The number of carbonyl (C=O) groups excluding carboxylic acids is 6. The quantitative estimate of drug-likeness (QED) is 0.0500. The van der Waals surface area contributed by atoms with Crippen LogP contribution in [0.1, 0.15) is 199 Å². The van der Waals surface area contributed by atoms with Gasteiger partial charge in [0.1, 0.15) is 12.4 Å². The van der Waals surface area contributed by atoms with E-state index >= 15 is 0 Å². The number of carbonyl (C=O) groups is 6. The molecule has 0 fully saturated rings. The van der Waals surface area contributed by atoms with Crippen molar-refractivity contribution in [3.05, 3.63) is 71.8 Å². The maximum atomic E-state index is 11.6. The number of aliphatic hydroxyl groups excluding tert-OH is 1. The first-order valence-corrected chi connectivity index (χ1v) is 24.7. The number of hydrogen-bond acceptors (Lipinski definition) is 11. The molecule has 2 aromatic rings. The third-order valence-corrected chi connectivity index (χ3v) is 12.1. The minimum atomic E-state index is -1.27. The van der Waals surface area contributed by atoms with Crippen molar-refractivity contribution in [1.82, 2.24) is 5.32 Å². The molecule has 0 aliphatic rings. The van der Waals surface area contributed by atoms with Gasteiger partial charge < -0.3 is 34.5 Å². The number of methoxy groups -OCH3 is 1. The van der Waals surface area contributed by atoms with E-state index in [2.05, 4.69) is 61.2 Å². The second kappa shape index (κ2) is 42.7. The van der Waals surface area contributed by atoms with Crippen LogP contribution < -0.4 is 61.8 Å². The van der Waals surface area contributed by atoms with E-state index in [-0.39, 0.29) is 110 Å². The van der Waals surface area contributed by atoms with E-state index in [1.165, 1.54) is 19.1 Å². The Kier molecular flexibility index (Phi) is 46.4. The summed E-state index contributed by atoms with van der Waals surface area (Å²) in [5.41, 5.74) is 1.08. The average Bonchev–Trinajstić information content (AvgIpc) is 3.34. The Bertz CT molecular complexity index is 1640. The second-order valence-electron chi connectivity index (χ2n) is 19.4. The van der Waals surface area contributed by atoms with Gasteiger partial charge in [-0.3, -0.25) is 24.0 Å². The van der Waals surface area contributed by atoms with Gasteiger partial charge in [-0.25, -0.2) is 0 Å². The summed E-state index contributed by atoms with van der Waals surface area (Å²) < 4.78 is 14.8. The van der Waals surface area contributed by atoms with Gasteiger partial charge in [0.2, 0.25) is 5.91 Å². The van der Waals surface area contributed by atoms with Crippen LogP contribution in [0.25, 0.3) is 0 Å². The van der Waals surface area contributed by atoms with Crippen molar-refractivity contribution in [2.24, 2.45) is 27.6 Å². The van der Waals surface area contributed by atoms with Crippen LogP contribution in [-0.4, -0.2) is 67.5 Å². The minimum Gasteiger partial charge on any atom is -0.548 e. The number of esters is 3. The van der Waals surface area contributed by atoms with Gasteiger partial charge in [-0.1, -0.05) is 157 Å². The number of rotatable bonds is 22. The van der Waals surface area contributed by atoms with E-state index in [4.69, 9.17) is 14.6 Å². The normalized spacial score (nSPS) is 11.5. The van der Waals surface area contributed by atoms with Crippen LogP contribution in [-0.2, 0) is 49.6 Å². The number of aliphatic carboxylic acids is 1. The number of nitrogens with one attached hydrogen (secondary N) is 1. The van der Waals surface area contributed by atoms with E-state index in [0.29, 0.717) is 38.4 Å². The van der Waals surface area contributed by atoms with E-state index in [1.54, 1.807) is 13.8 Å². The topological polar surface area (TPSA) is 185 Å². The molecule has 69 heavy (non-hydrogen) atoms. The smallest absolute Gasteiger partial charge is 0.548 e. The number of carboxylic acids is 1. The molecule has 2 atom stereocenters. The van der Waals surface area contributed by atoms with Gasteiger partial charge in [0, 0.05) is 23.9 Å². The third-order valence-electron chi connectivity index (χ3n) is 12.1. The summed E-state index contributed by atoms with van der Waals surface area (Å²) in [6, 6.07) is 20.4. The molecule has 2 rings (SSSR count). The Morgan fingerprint density at radius 2 is 1.10 bits per heavy atom. The molecular weight excluding hydrogens is 902 g/mol. The zero-order chi connectivity index (χ0) is 53.6. The van der Waals surface area contributed by atoms with Crippen LogP contribution in [0.15, 0.2) is 60.7 Å². The van der Waals surface area contributed by atoms with Crippen molar-refractivity contribution < 1.29 is 105 Å². The molecule has 0 radical (unpaired) electrons. The van der Waals surface area contributed by atoms with Crippen LogP contribution in [0.4, 0.5) is 0 Å². The Balaban J connectivity index is -0.000000239. The van der Waals surface area contributed by atoms with Crippen molar-refractivity contribution in [2.45, 2.75) is 194 Å². The monoisotopic (exact) mass is 998 g/mol. The van der Waals surface area contributed by atoms with Crippen LogP contribution in [0, 0.1) is 27.6 Å². The van der Waals surface area contributed by atoms with E-state index in [0.717, 1.165) is 44.1 Å². The molecule has 0 aliphatic carbocycles. The van der Waals surface area contributed by atoms with Crippen LogP contribution in [0.5, 0.6) is 0 Å². The molecule has 0 saturated heterocycles. The first-order chi connectivity index (χ1) is 31.6. The van der Waals surface area contributed by atoms with E-state index < -0.39 is 17.9 Å². The maximum Gasteiger partial charge on any atom is 1.00 e. The number of hydrogen-bond donors (Lipinski definition) is 2. The van der Waals surface area contributed by atoms with Crippen molar-refractivity contribution in [3.63, 3.8) is 0 Å². The zero-order valence-corrected chi connectivity index (χ0v) is 50.0. The summed E-state index contributed by atoms with van der Waals surface area (Å²) in [6.45, 7) is 33.9. The summed E-state index contributed by atoms with van der Waals surface area (Å²) in [4.78, 5) is 66.1. The summed E-state index contributed by atoms with van der Waals surface area (Å²) in [7, 11) is 1.42. The van der Waals surface area contributed by atoms with Gasteiger partial charge in [0.05, 0.1) is 43.0 Å². The molecule has 2 N–H and O–H groups in total. The van der Waals surface area contributed by atoms with Crippen molar-refractivity contribution >= 4 is 35.6 Å². The molecule has 0 saturated carbocycles. The predicted octanol–water partition coefficient (Wildman–Crippen LogP) is 8.39. The minimum absolute atomic E-state index is 0. The molecule has 2 aromatic carbocycles. The Morgan fingerprint density at radius 1 is 0.638 bits per heavy atom. The molecule has 2 unspecified atom stereocenters. The average molecular weight is 998 g/mol. The van der Waals surface area contributed by atoms with E-state index in [1.807, 2.05) is 113 Å². The molecule has 13 heteroatoms. The summed E-state index contributed by atoms with van der Waals surface area (Å²) >= 11 is 0. The molecule has 12 nitrogen and oxygen atoms in total. The Labute approximate surface area is 462 Å².